The lowest BCUT2D eigenvalue weighted by atomic mass is 9.96. The first-order valence-electron chi connectivity index (χ1n) is 9.37. The SMILES string of the molecule is CCOC(CNC(=O)[C@H]1CCCN(C(=O)c2cn(C)nc2OC)C1)OCC. The predicted octanol–water partition coefficient (Wildman–Crippen LogP) is 0.796. The van der Waals surface area contributed by atoms with Crippen LogP contribution in [0.3, 0.4) is 0 Å². The van der Waals surface area contributed by atoms with Crippen molar-refractivity contribution in [3.63, 3.8) is 0 Å². The Labute approximate surface area is 159 Å². The summed E-state index contributed by atoms with van der Waals surface area (Å²) in [6.45, 7) is 6.06. The minimum Gasteiger partial charge on any atom is -0.479 e. The first-order valence-corrected chi connectivity index (χ1v) is 9.37. The molecule has 1 atom stereocenters. The van der Waals surface area contributed by atoms with Crippen LogP contribution >= 0.6 is 0 Å². The molecule has 1 aliphatic rings. The maximum absolute atomic E-state index is 12.8. The Morgan fingerprint density at radius 3 is 2.67 bits per heavy atom. The molecule has 2 heterocycles. The molecule has 1 N–H and O–H groups in total. The predicted molar refractivity (Wildman–Crippen MR) is 98.4 cm³/mol. The van der Waals surface area contributed by atoms with Crippen LogP contribution in [0.2, 0.25) is 0 Å². The summed E-state index contributed by atoms with van der Waals surface area (Å²) in [4.78, 5) is 27.1. The fraction of sp³-hybridized carbons (Fsp3) is 0.722. The molecule has 152 valence electrons. The molecule has 0 saturated carbocycles. The average molecular weight is 382 g/mol. The van der Waals surface area contributed by atoms with Gasteiger partial charge in [-0.15, -0.1) is 5.10 Å². The first-order chi connectivity index (χ1) is 13.0. The fourth-order valence-corrected chi connectivity index (χ4v) is 3.18. The highest BCUT2D eigenvalue weighted by molar-refractivity contribution is 5.96. The molecule has 0 spiro atoms. The van der Waals surface area contributed by atoms with Crippen LogP contribution in [0, 0.1) is 5.92 Å². The van der Waals surface area contributed by atoms with E-state index in [-0.39, 0.29) is 17.7 Å². The molecule has 0 aliphatic carbocycles. The number of piperidine rings is 1. The van der Waals surface area contributed by atoms with E-state index in [4.69, 9.17) is 14.2 Å². The molecule has 9 nitrogen and oxygen atoms in total. The maximum atomic E-state index is 12.8. The fourth-order valence-electron chi connectivity index (χ4n) is 3.18. The van der Waals surface area contributed by atoms with E-state index in [0.717, 1.165) is 12.8 Å². The lowest BCUT2D eigenvalue weighted by Gasteiger charge is -2.32. The van der Waals surface area contributed by atoms with Crippen molar-refractivity contribution in [2.45, 2.75) is 33.0 Å². The Hall–Kier alpha value is -2.13. The molecule has 1 saturated heterocycles. The highest BCUT2D eigenvalue weighted by Crippen LogP contribution is 2.22. The summed E-state index contributed by atoms with van der Waals surface area (Å²) in [6, 6.07) is 0. The second-order valence-electron chi connectivity index (χ2n) is 6.40. The van der Waals surface area contributed by atoms with Crippen LogP contribution < -0.4 is 10.1 Å². The normalized spacial score (nSPS) is 17.2. The summed E-state index contributed by atoms with van der Waals surface area (Å²) in [5.74, 6) is -0.214. The third-order valence-electron chi connectivity index (χ3n) is 4.45. The molecule has 1 aromatic heterocycles. The Balaban J connectivity index is 1.94. The molecule has 1 aliphatic heterocycles. The summed E-state index contributed by atoms with van der Waals surface area (Å²) < 4.78 is 17.6. The van der Waals surface area contributed by atoms with Gasteiger partial charge in [-0.25, -0.2) is 0 Å². The molecule has 9 heteroatoms. The van der Waals surface area contributed by atoms with Crippen molar-refractivity contribution in [2.75, 3.05) is 40.0 Å². The van der Waals surface area contributed by atoms with Gasteiger partial charge >= 0.3 is 0 Å². The molecule has 2 rings (SSSR count). The van der Waals surface area contributed by atoms with Gasteiger partial charge in [-0.05, 0) is 26.7 Å². The van der Waals surface area contributed by atoms with Crippen LogP contribution in [0.15, 0.2) is 6.20 Å². The smallest absolute Gasteiger partial charge is 0.260 e. The van der Waals surface area contributed by atoms with E-state index in [1.165, 1.54) is 7.11 Å². The second-order valence-corrected chi connectivity index (χ2v) is 6.40. The van der Waals surface area contributed by atoms with E-state index >= 15 is 0 Å². The van der Waals surface area contributed by atoms with Crippen molar-refractivity contribution < 1.29 is 23.8 Å². The number of nitrogens with one attached hydrogen (secondary N) is 1. The van der Waals surface area contributed by atoms with Gasteiger partial charge in [0.05, 0.1) is 19.6 Å². The summed E-state index contributed by atoms with van der Waals surface area (Å²) in [5, 5.41) is 7.00. The molecule has 0 aromatic carbocycles. The van der Waals surface area contributed by atoms with E-state index in [1.54, 1.807) is 22.8 Å². The molecule has 1 aromatic rings. The monoisotopic (exact) mass is 382 g/mol. The number of aromatic nitrogens is 2. The largest absolute Gasteiger partial charge is 0.479 e. The van der Waals surface area contributed by atoms with E-state index in [1.807, 2.05) is 13.8 Å². The number of aryl methyl sites for hydroxylation is 1. The van der Waals surface area contributed by atoms with E-state index < -0.39 is 6.29 Å². The number of carbonyl (C=O) groups is 2. The van der Waals surface area contributed by atoms with Crippen molar-refractivity contribution in [2.24, 2.45) is 13.0 Å². The van der Waals surface area contributed by atoms with E-state index in [2.05, 4.69) is 10.4 Å². The van der Waals surface area contributed by atoms with Gasteiger partial charge in [0.2, 0.25) is 11.8 Å². The average Bonchev–Trinajstić information content (AvgIpc) is 3.06. The summed E-state index contributed by atoms with van der Waals surface area (Å²) in [5.41, 5.74) is 0.411. The zero-order valence-corrected chi connectivity index (χ0v) is 16.6. The molecule has 2 amide bonds. The third kappa shape index (κ3) is 5.67. The Morgan fingerprint density at radius 1 is 1.33 bits per heavy atom. The number of hydrogen-bond donors (Lipinski definition) is 1. The summed E-state index contributed by atoms with van der Waals surface area (Å²) in [6.07, 6.45) is 2.70. The van der Waals surface area contributed by atoms with Gasteiger partial charge in [0.15, 0.2) is 6.29 Å². The number of amides is 2. The standard InChI is InChI=1S/C18H30N4O5/c1-5-26-15(27-6-2)10-19-16(23)13-8-7-9-22(11-13)18(24)14-12-21(3)20-17(14)25-4/h12-13,15H,5-11H2,1-4H3,(H,19,23)/t13-/m0/s1. The van der Waals surface area contributed by atoms with Crippen LogP contribution in [-0.4, -0.2) is 72.7 Å². The number of likely N-dealkylation sites (tertiary alicyclic amines) is 1. The van der Waals surface area contributed by atoms with Gasteiger partial charge < -0.3 is 24.4 Å². The quantitative estimate of drug-likeness (QED) is 0.635. The van der Waals surface area contributed by atoms with Gasteiger partial charge in [-0.1, -0.05) is 0 Å². The van der Waals surface area contributed by atoms with Crippen LogP contribution in [0.4, 0.5) is 0 Å². The van der Waals surface area contributed by atoms with Crippen molar-refractivity contribution in [3.8, 4) is 5.88 Å². The molecule has 0 unspecified atom stereocenters. The number of nitrogens with zero attached hydrogens (tertiary/aromatic N) is 3. The van der Waals surface area contributed by atoms with Crippen molar-refractivity contribution in [3.05, 3.63) is 11.8 Å². The van der Waals surface area contributed by atoms with Crippen molar-refractivity contribution >= 4 is 11.8 Å². The van der Waals surface area contributed by atoms with Gasteiger partial charge in [-0.2, -0.15) is 0 Å². The Kier molecular flexibility index (Phi) is 8.05. The highest BCUT2D eigenvalue weighted by Gasteiger charge is 2.31. The minimum atomic E-state index is -0.454. The van der Waals surface area contributed by atoms with Gasteiger partial charge in [0.1, 0.15) is 5.56 Å². The van der Waals surface area contributed by atoms with Crippen LogP contribution in [0.25, 0.3) is 0 Å². The van der Waals surface area contributed by atoms with Gasteiger partial charge in [0, 0.05) is 39.5 Å². The number of rotatable bonds is 9. The molecule has 1 fully saturated rings. The van der Waals surface area contributed by atoms with Gasteiger partial charge in [-0.3, -0.25) is 14.3 Å². The highest BCUT2D eigenvalue weighted by atomic mass is 16.7. The number of carbonyl (C=O) groups excluding carboxylic acids is 2. The summed E-state index contributed by atoms with van der Waals surface area (Å²) in [7, 11) is 3.22. The Bertz CT molecular complexity index is 627. The van der Waals surface area contributed by atoms with Gasteiger partial charge in [0.25, 0.3) is 5.91 Å². The van der Waals surface area contributed by atoms with E-state index in [0.29, 0.717) is 44.3 Å². The lowest BCUT2D eigenvalue weighted by Crippen LogP contribution is -2.47. The zero-order valence-electron chi connectivity index (χ0n) is 16.6. The Morgan fingerprint density at radius 2 is 2.04 bits per heavy atom. The first kappa shape index (κ1) is 21.2. The number of ether oxygens (including phenoxy) is 3. The molecule has 0 radical (unpaired) electrons. The number of hydrogen-bond acceptors (Lipinski definition) is 6. The van der Waals surface area contributed by atoms with Crippen LogP contribution in [0.5, 0.6) is 5.88 Å². The molecular weight excluding hydrogens is 352 g/mol. The maximum Gasteiger partial charge on any atom is 0.260 e. The van der Waals surface area contributed by atoms with Crippen LogP contribution in [0.1, 0.15) is 37.0 Å². The van der Waals surface area contributed by atoms with E-state index in [9.17, 15) is 9.59 Å². The summed E-state index contributed by atoms with van der Waals surface area (Å²) >= 11 is 0. The molecule has 27 heavy (non-hydrogen) atoms. The lowest BCUT2D eigenvalue weighted by molar-refractivity contribution is -0.142. The van der Waals surface area contributed by atoms with Crippen molar-refractivity contribution in [1.82, 2.24) is 20.0 Å². The third-order valence-corrected chi connectivity index (χ3v) is 4.45. The molecule has 0 bridgehead atoms. The molecular formula is C18H30N4O5. The topological polar surface area (TPSA) is 94.9 Å². The van der Waals surface area contributed by atoms with Crippen molar-refractivity contribution in [1.29, 1.82) is 0 Å². The second kappa shape index (κ2) is 10.3. The zero-order chi connectivity index (χ0) is 19.8. The minimum absolute atomic E-state index is 0.0879. The number of methoxy groups -OCH3 is 1. The van der Waals surface area contributed by atoms with Crippen LogP contribution in [-0.2, 0) is 21.3 Å².